The van der Waals surface area contributed by atoms with Crippen LogP contribution in [-0.4, -0.2) is 36.8 Å². The normalized spacial score (nSPS) is 19.2. The zero-order chi connectivity index (χ0) is 14.9. The lowest BCUT2D eigenvalue weighted by Gasteiger charge is -2.24. The minimum atomic E-state index is 0.555. The largest absolute Gasteiger partial charge is 0.330 e. The molecule has 0 N–H and O–H groups in total. The molecule has 2 aromatic heterocycles. The minimum absolute atomic E-state index is 0.555. The predicted octanol–water partition coefficient (Wildman–Crippen LogP) is 2.43. The molecule has 0 radical (unpaired) electrons. The lowest BCUT2D eigenvalue weighted by Crippen LogP contribution is -2.33. The molecule has 22 heavy (non-hydrogen) atoms. The maximum atomic E-state index is 4.81. The molecular weight excluding hydrogens is 274 g/mol. The van der Waals surface area contributed by atoms with Gasteiger partial charge in [0.05, 0.1) is 24.1 Å². The van der Waals surface area contributed by atoms with Crippen LogP contribution in [-0.2, 0) is 20.1 Å². The van der Waals surface area contributed by atoms with Crippen LogP contribution in [0.1, 0.15) is 18.7 Å². The van der Waals surface area contributed by atoms with E-state index in [4.69, 9.17) is 4.98 Å². The molecule has 4 rings (SSSR count). The fourth-order valence-electron chi connectivity index (χ4n) is 3.45. The molecule has 1 aliphatic heterocycles. The Balaban J connectivity index is 1.54. The third-order valence-corrected chi connectivity index (χ3v) is 4.68. The molecule has 0 saturated carbocycles. The highest BCUT2D eigenvalue weighted by molar-refractivity contribution is 5.75. The van der Waals surface area contributed by atoms with Crippen molar-refractivity contribution in [2.45, 2.75) is 32.0 Å². The van der Waals surface area contributed by atoms with Gasteiger partial charge in [-0.15, -0.1) is 0 Å². The lowest BCUT2D eigenvalue weighted by atomic mass is 10.2. The summed E-state index contributed by atoms with van der Waals surface area (Å²) in [5.41, 5.74) is 2.29. The van der Waals surface area contributed by atoms with Crippen LogP contribution in [0.2, 0.25) is 0 Å². The van der Waals surface area contributed by atoms with E-state index in [2.05, 4.69) is 45.9 Å². The molecule has 1 fully saturated rings. The quantitative estimate of drug-likeness (QED) is 0.742. The van der Waals surface area contributed by atoms with Crippen molar-refractivity contribution in [3.05, 3.63) is 48.5 Å². The first-order valence-corrected chi connectivity index (χ1v) is 7.93. The van der Waals surface area contributed by atoms with Crippen LogP contribution in [0.4, 0.5) is 0 Å². The number of aryl methyl sites for hydroxylation is 1. The first kappa shape index (κ1) is 13.5. The van der Waals surface area contributed by atoms with Gasteiger partial charge in [-0.2, -0.15) is 5.10 Å². The number of hydrogen-bond donors (Lipinski definition) is 0. The molecule has 5 heteroatoms. The molecule has 1 saturated heterocycles. The molecule has 5 nitrogen and oxygen atoms in total. The molecule has 1 unspecified atom stereocenters. The smallest absolute Gasteiger partial charge is 0.123 e. The molecule has 0 spiro atoms. The summed E-state index contributed by atoms with van der Waals surface area (Å²) in [6.07, 6.45) is 6.40. The van der Waals surface area contributed by atoms with Gasteiger partial charge in [0.1, 0.15) is 5.82 Å². The van der Waals surface area contributed by atoms with Crippen molar-refractivity contribution < 1.29 is 0 Å². The number of likely N-dealkylation sites (tertiary alicyclic amines) is 1. The number of rotatable bonds is 4. The highest BCUT2D eigenvalue weighted by Crippen LogP contribution is 2.22. The molecular formula is C17H21N5. The second-order valence-electron chi connectivity index (χ2n) is 6.07. The molecule has 1 aromatic carbocycles. The average molecular weight is 295 g/mol. The Bertz CT molecular complexity index is 759. The Kier molecular flexibility index (Phi) is 3.42. The van der Waals surface area contributed by atoms with E-state index in [-0.39, 0.29) is 0 Å². The summed E-state index contributed by atoms with van der Waals surface area (Å²) < 4.78 is 4.26. The van der Waals surface area contributed by atoms with E-state index in [1.54, 1.807) is 0 Å². The second kappa shape index (κ2) is 5.57. The number of aromatic nitrogens is 4. The van der Waals surface area contributed by atoms with Crippen LogP contribution >= 0.6 is 0 Å². The monoisotopic (exact) mass is 295 g/mol. The summed E-state index contributed by atoms with van der Waals surface area (Å²) >= 11 is 0. The first-order chi connectivity index (χ1) is 10.8. The van der Waals surface area contributed by atoms with Gasteiger partial charge in [-0.3, -0.25) is 9.58 Å². The van der Waals surface area contributed by atoms with Crippen LogP contribution < -0.4 is 0 Å². The molecule has 3 aromatic rings. The maximum absolute atomic E-state index is 4.81. The van der Waals surface area contributed by atoms with Gasteiger partial charge in [0.25, 0.3) is 0 Å². The SMILES string of the molecule is Cn1c(CN2CCCC2Cn2cccn2)nc2ccccc21. The van der Waals surface area contributed by atoms with Crippen LogP contribution in [0, 0.1) is 0 Å². The van der Waals surface area contributed by atoms with E-state index >= 15 is 0 Å². The highest BCUT2D eigenvalue weighted by Gasteiger charge is 2.26. The van der Waals surface area contributed by atoms with Crippen molar-refractivity contribution in [2.24, 2.45) is 7.05 Å². The summed E-state index contributed by atoms with van der Waals surface area (Å²) in [5.74, 6) is 1.15. The summed E-state index contributed by atoms with van der Waals surface area (Å²) in [4.78, 5) is 7.35. The van der Waals surface area contributed by atoms with Crippen LogP contribution in [0.3, 0.4) is 0 Å². The number of fused-ring (bicyclic) bond motifs is 1. The first-order valence-electron chi connectivity index (χ1n) is 7.93. The standard InChI is InChI=1S/C17H21N5/c1-20-16-8-3-2-7-15(16)19-17(20)13-21-10-4-6-14(21)12-22-11-5-9-18-22/h2-3,5,7-9,11,14H,4,6,10,12-13H2,1H3. The Hall–Kier alpha value is -2.14. The second-order valence-corrected chi connectivity index (χ2v) is 6.07. The van der Waals surface area contributed by atoms with E-state index in [1.807, 2.05) is 23.1 Å². The van der Waals surface area contributed by atoms with Crippen molar-refractivity contribution in [2.75, 3.05) is 6.54 Å². The highest BCUT2D eigenvalue weighted by atomic mass is 15.3. The summed E-state index contributed by atoms with van der Waals surface area (Å²) in [6.45, 7) is 3.03. The van der Waals surface area contributed by atoms with E-state index in [0.717, 1.165) is 31.0 Å². The van der Waals surface area contributed by atoms with Crippen LogP contribution in [0.5, 0.6) is 0 Å². The van der Waals surface area contributed by atoms with Gasteiger partial charge >= 0.3 is 0 Å². The van der Waals surface area contributed by atoms with E-state index in [9.17, 15) is 0 Å². The van der Waals surface area contributed by atoms with Crippen molar-refractivity contribution in [1.82, 2.24) is 24.2 Å². The van der Waals surface area contributed by atoms with E-state index in [0.29, 0.717) is 6.04 Å². The summed E-state index contributed by atoms with van der Waals surface area (Å²) in [7, 11) is 2.11. The maximum Gasteiger partial charge on any atom is 0.123 e. The zero-order valence-electron chi connectivity index (χ0n) is 12.9. The predicted molar refractivity (Wildman–Crippen MR) is 86.4 cm³/mol. The van der Waals surface area contributed by atoms with Gasteiger partial charge in [0.2, 0.25) is 0 Å². The fourth-order valence-corrected chi connectivity index (χ4v) is 3.45. The molecule has 0 aliphatic carbocycles. The molecule has 0 bridgehead atoms. The molecule has 1 atom stereocenters. The average Bonchev–Trinajstić information content (AvgIpc) is 3.25. The van der Waals surface area contributed by atoms with Gasteiger partial charge in [-0.1, -0.05) is 12.1 Å². The Morgan fingerprint density at radius 2 is 2.14 bits per heavy atom. The van der Waals surface area contributed by atoms with Crippen molar-refractivity contribution >= 4 is 11.0 Å². The van der Waals surface area contributed by atoms with Crippen molar-refractivity contribution in [3.63, 3.8) is 0 Å². The topological polar surface area (TPSA) is 38.9 Å². The van der Waals surface area contributed by atoms with Crippen LogP contribution in [0.15, 0.2) is 42.7 Å². The fraction of sp³-hybridized carbons (Fsp3) is 0.412. The van der Waals surface area contributed by atoms with Gasteiger partial charge < -0.3 is 4.57 Å². The third-order valence-electron chi connectivity index (χ3n) is 4.68. The number of benzene rings is 1. The van der Waals surface area contributed by atoms with Gasteiger partial charge in [-0.25, -0.2) is 4.98 Å². The third kappa shape index (κ3) is 2.41. The number of imidazole rings is 1. The Morgan fingerprint density at radius 3 is 2.95 bits per heavy atom. The lowest BCUT2D eigenvalue weighted by molar-refractivity contribution is 0.213. The van der Waals surface area contributed by atoms with E-state index in [1.165, 1.54) is 18.4 Å². The number of para-hydroxylation sites is 2. The van der Waals surface area contributed by atoms with Gasteiger partial charge in [0, 0.05) is 25.5 Å². The minimum Gasteiger partial charge on any atom is -0.330 e. The Labute approximate surface area is 130 Å². The molecule has 3 heterocycles. The summed E-state index contributed by atoms with van der Waals surface area (Å²) in [6, 6.07) is 10.9. The Morgan fingerprint density at radius 1 is 1.23 bits per heavy atom. The van der Waals surface area contributed by atoms with Gasteiger partial charge in [-0.05, 0) is 37.6 Å². The molecule has 0 amide bonds. The summed E-state index contributed by atoms with van der Waals surface area (Å²) in [5, 5.41) is 4.34. The number of nitrogens with zero attached hydrogens (tertiary/aromatic N) is 5. The van der Waals surface area contributed by atoms with Crippen LogP contribution in [0.25, 0.3) is 11.0 Å². The number of hydrogen-bond acceptors (Lipinski definition) is 3. The van der Waals surface area contributed by atoms with Crippen molar-refractivity contribution in [1.29, 1.82) is 0 Å². The molecule has 1 aliphatic rings. The van der Waals surface area contributed by atoms with Gasteiger partial charge in [0.15, 0.2) is 0 Å². The zero-order valence-corrected chi connectivity index (χ0v) is 12.9. The molecule has 114 valence electrons. The van der Waals surface area contributed by atoms with E-state index < -0.39 is 0 Å². The van der Waals surface area contributed by atoms with Crippen molar-refractivity contribution in [3.8, 4) is 0 Å².